The molecule has 0 atom stereocenters. The van der Waals surface area contributed by atoms with E-state index in [0.717, 1.165) is 32.1 Å². The molecule has 1 saturated carbocycles. The summed E-state index contributed by atoms with van der Waals surface area (Å²) in [5.41, 5.74) is 5.65. The van der Waals surface area contributed by atoms with Gasteiger partial charge >= 0.3 is 6.18 Å². The predicted molar refractivity (Wildman–Crippen MR) is 65.2 cm³/mol. The van der Waals surface area contributed by atoms with E-state index < -0.39 is 16.7 Å². The molecule has 1 aliphatic carbocycles. The standard InChI is InChI=1S/C12H17F3N2S/c1-2-8-3-5-11(16,6-4-8)9-7-17-10(18-9)12(13,14)15/h7-8H,2-6,16H2,1H3. The Morgan fingerprint density at radius 3 is 2.50 bits per heavy atom. The van der Waals surface area contributed by atoms with Crippen molar-refractivity contribution in [3.05, 3.63) is 16.1 Å². The van der Waals surface area contributed by atoms with Crippen molar-refractivity contribution in [2.45, 2.75) is 50.7 Å². The Balaban J connectivity index is 2.14. The SMILES string of the molecule is CCC1CCC(N)(c2cnc(C(F)(F)F)s2)CC1. The summed E-state index contributed by atoms with van der Waals surface area (Å²) in [7, 11) is 0. The van der Waals surface area contributed by atoms with Crippen LogP contribution in [0.4, 0.5) is 13.2 Å². The largest absolute Gasteiger partial charge is 0.443 e. The highest BCUT2D eigenvalue weighted by Gasteiger charge is 2.39. The quantitative estimate of drug-likeness (QED) is 0.890. The molecule has 102 valence electrons. The maximum Gasteiger partial charge on any atom is 0.443 e. The van der Waals surface area contributed by atoms with E-state index in [-0.39, 0.29) is 0 Å². The molecule has 0 bridgehead atoms. The Morgan fingerprint density at radius 2 is 2.06 bits per heavy atom. The highest BCUT2D eigenvalue weighted by Crippen LogP contribution is 2.42. The van der Waals surface area contributed by atoms with Crippen molar-refractivity contribution >= 4 is 11.3 Å². The van der Waals surface area contributed by atoms with Crippen molar-refractivity contribution in [1.82, 2.24) is 4.98 Å². The Bertz CT molecular complexity index is 406. The van der Waals surface area contributed by atoms with Crippen LogP contribution in [0.1, 0.15) is 48.9 Å². The van der Waals surface area contributed by atoms with Crippen molar-refractivity contribution in [3.8, 4) is 0 Å². The third kappa shape index (κ3) is 2.69. The summed E-state index contributed by atoms with van der Waals surface area (Å²) in [6.07, 6.45) is 1.56. The van der Waals surface area contributed by atoms with Crippen LogP contribution in [0.2, 0.25) is 0 Å². The van der Waals surface area contributed by atoms with Gasteiger partial charge in [-0.25, -0.2) is 4.98 Å². The van der Waals surface area contributed by atoms with E-state index in [1.165, 1.54) is 6.20 Å². The number of nitrogens with two attached hydrogens (primary N) is 1. The fraction of sp³-hybridized carbons (Fsp3) is 0.750. The fourth-order valence-corrected chi connectivity index (χ4v) is 3.42. The number of halogens is 3. The number of hydrogen-bond donors (Lipinski definition) is 1. The molecule has 1 fully saturated rings. The molecule has 0 unspecified atom stereocenters. The summed E-state index contributed by atoms with van der Waals surface area (Å²) >= 11 is 0.693. The summed E-state index contributed by atoms with van der Waals surface area (Å²) < 4.78 is 37.6. The molecule has 0 radical (unpaired) electrons. The zero-order valence-electron chi connectivity index (χ0n) is 10.3. The van der Waals surface area contributed by atoms with Crippen LogP contribution < -0.4 is 5.73 Å². The van der Waals surface area contributed by atoms with Gasteiger partial charge in [-0.2, -0.15) is 13.2 Å². The number of hydrogen-bond acceptors (Lipinski definition) is 3. The molecule has 0 spiro atoms. The lowest BCUT2D eigenvalue weighted by atomic mass is 9.76. The van der Waals surface area contributed by atoms with Crippen molar-refractivity contribution < 1.29 is 13.2 Å². The van der Waals surface area contributed by atoms with Gasteiger partial charge in [-0.1, -0.05) is 13.3 Å². The van der Waals surface area contributed by atoms with Gasteiger partial charge in [0.1, 0.15) is 0 Å². The summed E-state index contributed by atoms with van der Waals surface area (Å²) in [5, 5.41) is -0.792. The molecule has 2 N–H and O–H groups in total. The van der Waals surface area contributed by atoms with E-state index in [1.54, 1.807) is 0 Å². The van der Waals surface area contributed by atoms with E-state index in [2.05, 4.69) is 11.9 Å². The van der Waals surface area contributed by atoms with Crippen LogP contribution >= 0.6 is 11.3 Å². The van der Waals surface area contributed by atoms with Crippen LogP contribution in [0.3, 0.4) is 0 Å². The zero-order valence-corrected chi connectivity index (χ0v) is 11.1. The Hall–Kier alpha value is -0.620. The van der Waals surface area contributed by atoms with Gasteiger partial charge in [-0.3, -0.25) is 0 Å². The van der Waals surface area contributed by atoms with E-state index in [1.807, 2.05) is 0 Å². The normalized spacial score (nSPS) is 29.5. The lowest BCUT2D eigenvalue weighted by molar-refractivity contribution is -0.137. The summed E-state index contributed by atoms with van der Waals surface area (Å²) in [5.74, 6) is 0.664. The minimum absolute atomic E-state index is 0.573. The third-order valence-electron chi connectivity index (χ3n) is 3.81. The lowest BCUT2D eigenvalue weighted by Crippen LogP contribution is -2.39. The van der Waals surface area contributed by atoms with E-state index >= 15 is 0 Å². The second-order valence-electron chi connectivity index (χ2n) is 5.04. The molecular formula is C12H17F3N2S. The van der Waals surface area contributed by atoms with Gasteiger partial charge in [-0.15, -0.1) is 11.3 Å². The van der Waals surface area contributed by atoms with Crippen LogP contribution in [0.15, 0.2) is 6.20 Å². The minimum atomic E-state index is -4.36. The summed E-state index contributed by atoms with van der Waals surface area (Å²) in [6, 6.07) is 0. The monoisotopic (exact) mass is 278 g/mol. The molecule has 2 rings (SSSR count). The molecule has 6 heteroatoms. The molecule has 1 aliphatic rings. The Morgan fingerprint density at radius 1 is 1.44 bits per heavy atom. The smallest absolute Gasteiger partial charge is 0.321 e. The second kappa shape index (κ2) is 4.81. The first-order valence-electron chi connectivity index (χ1n) is 6.17. The van der Waals surface area contributed by atoms with E-state index in [0.29, 0.717) is 22.1 Å². The highest BCUT2D eigenvalue weighted by molar-refractivity contribution is 7.11. The summed E-state index contributed by atoms with van der Waals surface area (Å²) in [6.45, 7) is 2.14. The van der Waals surface area contributed by atoms with E-state index in [9.17, 15) is 13.2 Å². The predicted octanol–water partition coefficient (Wildman–Crippen LogP) is 3.92. The molecule has 0 amide bonds. The number of aromatic nitrogens is 1. The molecule has 1 aromatic rings. The average molecular weight is 278 g/mol. The molecule has 18 heavy (non-hydrogen) atoms. The number of rotatable bonds is 2. The van der Waals surface area contributed by atoms with Gasteiger partial charge in [0.2, 0.25) is 0 Å². The van der Waals surface area contributed by atoms with Gasteiger partial charge in [-0.05, 0) is 31.6 Å². The second-order valence-corrected chi connectivity index (χ2v) is 6.07. The Labute approximate surface area is 108 Å². The van der Waals surface area contributed by atoms with Crippen molar-refractivity contribution in [3.63, 3.8) is 0 Å². The van der Waals surface area contributed by atoms with Crippen molar-refractivity contribution in [2.75, 3.05) is 0 Å². The topological polar surface area (TPSA) is 38.9 Å². The number of thiazole rings is 1. The zero-order chi connectivity index (χ0) is 13.4. The van der Waals surface area contributed by atoms with Gasteiger partial charge in [0, 0.05) is 11.1 Å². The molecule has 0 aliphatic heterocycles. The summed E-state index contributed by atoms with van der Waals surface area (Å²) in [4.78, 5) is 4.03. The van der Waals surface area contributed by atoms with Gasteiger partial charge in [0.05, 0.1) is 5.54 Å². The van der Waals surface area contributed by atoms with Crippen LogP contribution in [0.25, 0.3) is 0 Å². The van der Waals surface area contributed by atoms with Crippen LogP contribution in [0, 0.1) is 5.92 Å². The highest BCUT2D eigenvalue weighted by atomic mass is 32.1. The number of alkyl halides is 3. The first-order chi connectivity index (χ1) is 8.35. The fourth-order valence-electron chi connectivity index (χ4n) is 2.48. The van der Waals surface area contributed by atoms with Gasteiger partial charge < -0.3 is 5.73 Å². The molecular weight excluding hydrogens is 261 g/mol. The lowest BCUT2D eigenvalue weighted by Gasteiger charge is -2.36. The van der Waals surface area contributed by atoms with Crippen LogP contribution in [-0.2, 0) is 11.7 Å². The van der Waals surface area contributed by atoms with Crippen LogP contribution in [-0.4, -0.2) is 4.98 Å². The number of nitrogens with zero attached hydrogens (tertiary/aromatic N) is 1. The molecule has 2 nitrogen and oxygen atoms in total. The molecule has 0 aromatic carbocycles. The van der Waals surface area contributed by atoms with Gasteiger partial charge in [0.15, 0.2) is 5.01 Å². The molecule has 1 heterocycles. The third-order valence-corrected chi connectivity index (χ3v) is 5.08. The minimum Gasteiger partial charge on any atom is -0.321 e. The van der Waals surface area contributed by atoms with Gasteiger partial charge in [0.25, 0.3) is 0 Å². The Kier molecular flexibility index (Phi) is 3.69. The molecule has 1 aromatic heterocycles. The maximum atomic E-state index is 12.5. The first-order valence-corrected chi connectivity index (χ1v) is 6.99. The average Bonchev–Trinajstić information content (AvgIpc) is 2.79. The first kappa shape index (κ1) is 13.8. The molecule has 0 saturated heterocycles. The van der Waals surface area contributed by atoms with Crippen molar-refractivity contribution in [1.29, 1.82) is 0 Å². The van der Waals surface area contributed by atoms with Crippen LogP contribution in [0.5, 0.6) is 0 Å². The maximum absolute atomic E-state index is 12.5. The van der Waals surface area contributed by atoms with E-state index in [4.69, 9.17) is 5.73 Å². The van der Waals surface area contributed by atoms with Crippen molar-refractivity contribution in [2.24, 2.45) is 11.7 Å².